The third kappa shape index (κ3) is 4.62. The Morgan fingerprint density at radius 2 is 1.78 bits per heavy atom. The molecule has 1 amide bonds. The molecular formula is C28H24N6O3. The molecule has 0 aliphatic heterocycles. The van der Waals surface area contributed by atoms with Crippen LogP contribution in [0.15, 0.2) is 100 Å². The van der Waals surface area contributed by atoms with Crippen molar-refractivity contribution in [3.8, 4) is 5.88 Å². The Bertz CT molecular complexity index is 1730. The summed E-state index contributed by atoms with van der Waals surface area (Å²) >= 11 is 0. The fourth-order valence-electron chi connectivity index (χ4n) is 4.18. The average molecular weight is 493 g/mol. The van der Waals surface area contributed by atoms with Crippen LogP contribution in [0.3, 0.4) is 0 Å². The maximum Gasteiger partial charge on any atom is 0.263 e. The molecule has 0 radical (unpaired) electrons. The van der Waals surface area contributed by atoms with Crippen molar-refractivity contribution in [1.82, 2.24) is 14.1 Å². The Hall–Kier alpha value is -5.05. The Kier molecular flexibility index (Phi) is 6.34. The number of amides is 1. The highest BCUT2D eigenvalue weighted by atomic mass is 16.3. The largest absolute Gasteiger partial charge is 0.493 e. The number of para-hydroxylation sites is 2. The highest BCUT2D eigenvalue weighted by molar-refractivity contribution is 5.98. The number of rotatable bonds is 7. The zero-order chi connectivity index (χ0) is 25.9. The standard InChI is InChI=1S/C28H24N6O3/c1-3-15-33-26(36)20-11-7-8-12-22(20)30-28(33)32-31-25-21-16-18(2)13-14-23(21)34(27(25)37)17-24(35)29-19-9-5-4-6-10-19/h3-14,16,37H,1,15,17H2,2H3,(H,29,35). The normalized spacial score (nSPS) is 11.4. The van der Waals surface area contributed by atoms with Crippen LogP contribution in [-0.2, 0) is 17.9 Å². The molecule has 2 aromatic heterocycles. The fraction of sp³-hybridized carbons (Fsp3) is 0.107. The van der Waals surface area contributed by atoms with E-state index in [0.717, 1.165) is 5.56 Å². The van der Waals surface area contributed by atoms with E-state index in [0.29, 0.717) is 27.5 Å². The number of hydrogen-bond acceptors (Lipinski definition) is 6. The molecular weight excluding hydrogens is 468 g/mol. The van der Waals surface area contributed by atoms with Crippen molar-refractivity contribution < 1.29 is 9.90 Å². The first-order valence-corrected chi connectivity index (χ1v) is 11.6. The summed E-state index contributed by atoms with van der Waals surface area (Å²) in [4.78, 5) is 30.3. The number of azo groups is 1. The number of fused-ring (bicyclic) bond motifs is 2. The van der Waals surface area contributed by atoms with Gasteiger partial charge in [-0.05, 0) is 43.3 Å². The van der Waals surface area contributed by atoms with Gasteiger partial charge >= 0.3 is 0 Å². The molecule has 0 saturated carbocycles. The van der Waals surface area contributed by atoms with Gasteiger partial charge in [0.2, 0.25) is 11.8 Å². The van der Waals surface area contributed by atoms with Gasteiger partial charge in [0, 0.05) is 17.6 Å². The Balaban J connectivity index is 1.58. The molecule has 9 nitrogen and oxygen atoms in total. The lowest BCUT2D eigenvalue weighted by Gasteiger charge is -2.08. The lowest BCUT2D eigenvalue weighted by Crippen LogP contribution is -2.20. The molecule has 3 aromatic carbocycles. The van der Waals surface area contributed by atoms with Gasteiger partial charge in [0.25, 0.3) is 11.5 Å². The molecule has 2 heterocycles. The number of hydrogen-bond donors (Lipinski definition) is 2. The molecule has 0 saturated heterocycles. The number of benzene rings is 3. The number of carbonyl (C=O) groups is 1. The van der Waals surface area contributed by atoms with Crippen LogP contribution in [0.2, 0.25) is 0 Å². The van der Waals surface area contributed by atoms with Crippen molar-refractivity contribution in [3.63, 3.8) is 0 Å². The minimum atomic E-state index is -0.307. The van der Waals surface area contributed by atoms with E-state index in [1.54, 1.807) is 42.5 Å². The number of aromatic nitrogens is 3. The highest BCUT2D eigenvalue weighted by Crippen LogP contribution is 2.40. The molecule has 37 heavy (non-hydrogen) atoms. The van der Waals surface area contributed by atoms with E-state index in [1.807, 2.05) is 43.3 Å². The first-order chi connectivity index (χ1) is 18.0. The maximum absolute atomic E-state index is 13.0. The third-order valence-electron chi connectivity index (χ3n) is 5.92. The van der Waals surface area contributed by atoms with Crippen molar-refractivity contribution in [2.75, 3.05) is 5.32 Å². The fourth-order valence-corrected chi connectivity index (χ4v) is 4.18. The lowest BCUT2D eigenvalue weighted by atomic mass is 10.1. The maximum atomic E-state index is 13.0. The average Bonchev–Trinajstić information content (AvgIpc) is 3.14. The number of nitrogens with one attached hydrogen (secondary N) is 1. The summed E-state index contributed by atoms with van der Waals surface area (Å²) in [7, 11) is 0. The van der Waals surface area contributed by atoms with Crippen LogP contribution >= 0.6 is 0 Å². The van der Waals surface area contributed by atoms with E-state index in [1.165, 1.54) is 9.13 Å². The lowest BCUT2D eigenvalue weighted by molar-refractivity contribution is -0.116. The topological polar surface area (TPSA) is 114 Å². The SMILES string of the molecule is C=CCn1c(N=Nc2c(O)n(CC(=O)Nc3ccccc3)c3ccc(C)cc23)nc2ccccc2c1=O. The van der Waals surface area contributed by atoms with Crippen molar-refractivity contribution in [3.05, 3.63) is 101 Å². The van der Waals surface area contributed by atoms with Gasteiger partial charge in [-0.2, -0.15) is 0 Å². The summed E-state index contributed by atoms with van der Waals surface area (Å²) < 4.78 is 2.85. The molecule has 0 unspecified atom stereocenters. The molecule has 0 atom stereocenters. The second kappa shape index (κ2) is 9.90. The van der Waals surface area contributed by atoms with Gasteiger partial charge in [-0.15, -0.1) is 16.8 Å². The zero-order valence-corrected chi connectivity index (χ0v) is 20.1. The van der Waals surface area contributed by atoms with E-state index in [9.17, 15) is 14.7 Å². The van der Waals surface area contributed by atoms with Crippen LogP contribution in [0.4, 0.5) is 17.3 Å². The minimum absolute atomic E-state index is 0.0818. The smallest absolute Gasteiger partial charge is 0.263 e. The second-order valence-corrected chi connectivity index (χ2v) is 8.53. The summed E-state index contributed by atoms with van der Waals surface area (Å²) in [5.74, 6) is -0.442. The zero-order valence-electron chi connectivity index (χ0n) is 20.1. The number of aryl methyl sites for hydroxylation is 1. The van der Waals surface area contributed by atoms with Crippen molar-refractivity contribution in [2.45, 2.75) is 20.0 Å². The van der Waals surface area contributed by atoms with Crippen molar-refractivity contribution >= 4 is 45.0 Å². The molecule has 0 spiro atoms. The molecule has 184 valence electrons. The minimum Gasteiger partial charge on any atom is -0.493 e. The number of anilines is 1. The van der Waals surface area contributed by atoms with E-state index in [4.69, 9.17) is 0 Å². The van der Waals surface area contributed by atoms with Gasteiger partial charge in [-0.25, -0.2) is 4.98 Å². The molecule has 0 fully saturated rings. The number of aromatic hydroxyl groups is 1. The summed E-state index contributed by atoms with van der Waals surface area (Å²) in [5.41, 5.74) is 2.62. The van der Waals surface area contributed by atoms with Gasteiger partial charge < -0.3 is 15.0 Å². The van der Waals surface area contributed by atoms with Crippen LogP contribution in [0.5, 0.6) is 5.88 Å². The van der Waals surface area contributed by atoms with E-state index >= 15 is 0 Å². The van der Waals surface area contributed by atoms with Gasteiger partial charge in [0.1, 0.15) is 6.54 Å². The van der Waals surface area contributed by atoms with Crippen LogP contribution < -0.4 is 10.9 Å². The van der Waals surface area contributed by atoms with Gasteiger partial charge in [0.05, 0.1) is 16.4 Å². The number of allylic oxidation sites excluding steroid dienone is 1. The first-order valence-electron chi connectivity index (χ1n) is 11.6. The summed E-state index contributed by atoms with van der Waals surface area (Å²) in [5, 5.41) is 23.6. The van der Waals surface area contributed by atoms with Crippen LogP contribution in [0.1, 0.15) is 5.56 Å². The first kappa shape index (κ1) is 23.7. The Labute approximate surface area is 212 Å². The molecule has 0 aliphatic rings. The van der Waals surface area contributed by atoms with Gasteiger partial charge in [-0.1, -0.05) is 48.0 Å². The summed E-state index contributed by atoms with van der Waals surface area (Å²) in [6.45, 7) is 5.70. The van der Waals surface area contributed by atoms with Crippen LogP contribution in [-0.4, -0.2) is 25.1 Å². The van der Waals surface area contributed by atoms with Crippen molar-refractivity contribution in [2.24, 2.45) is 10.2 Å². The molecule has 9 heteroatoms. The molecule has 5 rings (SSSR count). The molecule has 0 bridgehead atoms. The van der Waals surface area contributed by atoms with Crippen molar-refractivity contribution in [1.29, 1.82) is 0 Å². The molecule has 5 aromatic rings. The monoisotopic (exact) mass is 492 g/mol. The van der Waals surface area contributed by atoms with Crippen LogP contribution in [0, 0.1) is 6.92 Å². The molecule has 0 aliphatic carbocycles. The van der Waals surface area contributed by atoms with E-state index in [2.05, 4.69) is 27.1 Å². The van der Waals surface area contributed by atoms with E-state index in [-0.39, 0.29) is 42.1 Å². The summed E-state index contributed by atoms with van der Waals surface area (Å²) in [6, 6.07) is 21.6. The third-order valence-corrected chi connectivity index (χ3v) is 5.92. The number of nitrogens with zero attached hydrogens (tertiary/aromatic N) is 5. The highest BCUT2D eigenvalue weighted by Gasteiger charge is 2.19. The van der Waals surface area contributed by atoms with Gasteiger partial charge in [0.15, 0.2) is 5.69 Å². The Morgan fingerprint density at radius 1 is 1.03 bits per heavy atom. The quantitative estimate of drug-likeness (QED) is 0.227. The predicted octanol–water partition coefficient (Wildman–Crippen LogP) is 5.61. The van der Waals surface area contributed by atoms with Crippen LogP contribution in [0.25, 0.3) is 21.8 Å². The van der Waals surface area contributed by atoms with Gasteiger partial charge in [-0.3, -0.25) is 14.2 Å². The van der Waals surface area contributed by atoms with E-state index < -0.39 is 0 Å². The predicted molar refractivity (Wildman–Crippen MR) is 144 cm³/mol. The summed E-state index contributed by atoms with van der Waals surface area (Å²) in [6.07, 6.45) is 1.58. The number of carbonyl (C=O) groups excluding carboxylic acids is 1. The second-order valence-electron chi connectivity index (χ2n) is 8.53. The Morgan fingerprint density at radius 3 is 2.57 bits per heavy atom. The molecule has 2 N–H and O–H groups in total.